The van der Waals surface area contributed by atoms with Crippen molar-refractivity contribution in [3.05, 3.63) is 28.8 Å². The van der Waals surface area contributed by atoms with E-state index in [2.05, 4.69) is 0 Å². The molecule has 0 unspecified atom stereocenters. The Morgan fingerprint density at radius 2 is 2.15 bits per heavy atom. The third kappa shape index (κ3) is 1.44. The first-order chi connectivity index (χ1) is 6.07. The Kier molecular flexibility index (Phi) is 2.20. The molecule has 66 valence electrons. The van der Waals surface area contributed by atoms with Gasteiger partial charge in [-0.05, 0) is 19.1 Å². The zero-order valence-corrected chi connectivity index (χ0v) is 6.90. The monoisotopic (exact) mass is 177 g/mol. The topological polar surface area (TPSA) is 81.3 Å². The van der Waals surface area contributed by atoms with Crippen LogP contribution in [0.3, 0.4) is 0 Å². The van der Waals surface area contributed by atoms with Crippen LogP contribution < -0.4 is 0 Å². The number of carbonyl (C=O) groups is 1. The van der Waals surface area contributed by atoms with Crippen molar-refractivity contribution in [3.8, 4) is 11.8 Å². The number of aromatic hydroxyl groups is 1. The van der Waals surface area contributed by atoms with Gasteiger partial charge in [0.15, 0.2) is 0 Å². The summed E-state index contributed by atoms with van der Waals surface area (Å²) in [6.07, 6.45) is 0. The molecule has 0 aliphatic heterocycles. The van der Waals surface area contributed by atoms with Crippen molar-refractivity contribution >= 4 is 5.97 Å². The van der Waals surface area contributed by atoms with E-state index in [4.69, 9.17) is 10.4 Å². The van der Waals surface area contributed by atoms with Gasteiger partial charge in [0.1, 0.15) is 11.8 Å². The molecule has 4 heteroatoms. The Morgan fingerprint density at radius 3 is 2.62 bits per heavy atom. The van der Waals surface area contributed by atoms with Crippen molar-refractivity contribution in [2.45, 2.75) is 6.92 Å². The largest absolute Gasteiger partial charge is 0.506 e. The van der Waals surface area contributed by atoms with Gasteiger partial charge < -0.3 is 10.2 Å². The number of benzene rings is 1. The third-order valence-electron chi connectivity index (χ3n) is 1.78. The van der Waals surface area contributed by atoms with E-state index in [0.29, 0.717) is 0 Å². The summed E-state index contributed by atoms with van der Waals surface area (Å²) in [5, 5.41) is 26.5. The van der Waals surface area contributed by atoms with Crippen molar-refractivity contribution in [2.24, 2.45) is 0 Å². The molecule has 0 amide bonds. The molecule has 0 fully saturated rings. The van der Waals surface area contributed by atoms with Gasteiger partial charge in [-0.3, -0.25) is 0 Å². The van der Waals surface area contributed by atoms with Crippen LogP contribution in [0.5, 0.6) is 5.75 Å². The molecule has 0 saturated heterocycles. The fourth-order valence-electron chi connectivity index (χ4n) is 1.02. The van der Waals surface area contributed by atoms with E-state index in [1.165, 1.54) is 19.1 Å². The third-order valence-corrected chi connectivity index (χ3v) is 1.78. The molecule has 0 atom stereocenters. The van der Waals surface area contributed by atoms with Gasteiger partial charge in [-0.1, -0.05) is 0 Å². The van der Waals surface area contributed by atoms with E-state index in [1.54, 1.807) is 6.07 Å². The average Bonchev–Trinajstić information content (AvgIpc) is 2.09. The molecule has 2 N–H and O–H groups in total. The number of nitriles is 1. The van der Waals surface area contributed by atoms with Crippen LogP contribution in [0.25, 0.3) is 0 Å². The number of phenolic OH excluding ortho intramolecular Hbond substituents is 1. The molecule has 0 aromatic heterocycles. The van der Waals surface area contributed by atoms with Crippen LogP contribution >= 0.6 is 0 Å². The molecular weight excluding hydrogens is 170 g/mol. The van der Waals surface area contributed by atoms with Crippen LogP contribution in [0.15, 0.2) is 12.1 Å². The number of phenols is 1. The molecule has 0 saturated carbocycles. The molecule has 1 aromatic carbocycles. The van der Waals surface area contributed by atoms with Crippen LogP contribution in [0, 0.1) is 18.3 Å². The fraction of sp³-hybridized carbons (Fsp3) is 0.111. The van der Waals surface area contributed by atoms with Crippen LogP contribution in [-0.2, 0) is 0 Å². The molecule has 0 bridgehead atoms. The SMILES string of the molecule is Cc1c(C(=O)O)ccc(C#N)c1O. The van der Waals surface area contributed by atoms with Crippen molar-refractivity contribution in [2.75, 3.05) is 0 Å². The first-order valence-electron chi connectivity index (χ1n) is 3.54. The quantitative estimate of drug-likeness (QED) is 0.676. The van der Waals surface area contributed by atoms with Crippen LogP contribution in [0.1, 0.15) is 21.5 Å². The van der Waals surface area contributed by atoms with E-state index in [9.17, 15) is 9.90 Å². The highest BCUT2D eigenvalue weighted by Crippen LogP contribution is 2.24. The highest BCUT2D eigenvalue weighted by molar-refractivity contribution is 5.90. The minimum atomic E-state index is -1.11. The minimum Gasteiger partial charge on any atom is -0.506 e. The zero-order valence-electron chi connectivity index (χ0n) is 6.90. The first-order valence-corrected chi connectivity index (χ1v) is 3.54. The average molecular weight is 177 g/mol. The molecule has 4 nitrogen and oxygen atoms in total. The Labute approximate surface area is 74.7 Å². The Bertz CT molecular complexity index is 404. The van der Waals surface area contributed by atoms with Gasteiger partial charge in [0.2, 0.25) is 0 Å². The second-order valence-electron chi connectivity index (χ2n) is 2.55. The number of aromatic carboxylic acids is 1. The first kappa shape index (κ1) is 9.07. The summed E-state index contributed by atoms with van der Waals surface area (Å²) in [6, 6.07) is 4.34. The van der Waals surface area contributed by atoms with Gasteiger partial charge in [-0.25, -0.2) is 4.79 Å². The number of hydrogen-bond donors (Lipinski definition) is 2. The number of carboxylic acid groups (broad SMARTS) is 1. The van der Waals surface area contributed by atoms with Gasteiger partial charge in [-0.15, -0.1) is 0 Å². The number of hydrogen-bond acceptors (Lipinski definition) is 3. The van der Waals surface area contributed by atoms with Gasteiger partial charge in [-0.2, -0.15) is 5.26 Å². The molecule has 0 radical (unpaired) electrons. The summed E-state index contributed by atoms with van der Waals surface area (Å²) in [6.45, 7) is 1.46. The summed E-state index contributed by atoms with van der Waals surface area (Å²) >= 11 is 0. The van der Waals surface area contributed by atoms with E-state index >= 15 is 0 Å². The fourth-order valence-corrected chi connectivity index (χ4v) is 1.02. The summed E-state index contributed by atoms with van der Waals surface area (Å²) < 4.78 is 0. The van der Waals surface area contributed by atoms with E-state index in [1.807, 2.05) is 0 Å². The lowest BCUT2D eigenvalue weighted by Gasteiger charge is -2.03. The molecular formula is C9H7NO3. The number of nitrogens with zero attached hydrogens (tertiary/aromatic N) is 1. The van der Waals surface area contributed by atoms with Gasteiger partial charge in [0.25, 0.3) is 0 Å². The standard InChI is InChI=1S/C9H7NO3/c1-5-7(9(12)13)3-2-6(4-10)8(5)11/h2-3,11H,1H3,(H,12,13). The Morgan fingerprint density at radius 1 is 1.54 bits per heavy atom. The predicted molar refractivity (Wildman–Crippen MR) is 44.5 cm³/mol. The maximum Gasteiger partial charge on any atom is 0.336 e. The molecule has 0 aliphatic carbocycles. The second-order valence-corrected chi connectivity index (χ2v) is 2.55. The van der Waals surface area contributed by atoms with Crippen LogP contribution in [-0.4, -0.2) is 16.2 Å². The van der Waals surface area contributed by atoms with Gasteiger partial charge >= 0.3 is 5.97 Å². The summed E-state index contributed by atoms with van der Waals surface area (Å²) in [4.78, 5) is 10.6. The lowest BCUT2D eigenvalue weighted by atomic mass is 10.0. The molecule has 0 spiro atoms. The second kappa shape index (κ2) is 3.15. The highest BCUT2D eigenvalue weighted by atomic mass is 16.4. The predicted octanol–water partition coefficient (Wildman–Crippen LogP) is 1.27. The van der Waals surface area contributed by atoms with Crippen LogP contribution in [0.4, 0.5) is 0 Å². The summed E-state index contributed by atoms with van der Waals surface area (Å²) in [5.41, 5.74) is 0.311. The molecule has 1 aromatic rings. The molecule has 13 heavy (non-hydrogen) atoms. The van der Waals surface area contributed by atoms with Gasteiger partial charge in [0, 0.05) is 5.56 Å². The van der Waals surface area contributed by atoms with Crippen molar-refractivity contribution < 1.29 is 15.0 Å². The lowest BCUT2D eigenvalue weighted by molar-refractivity contribution is 0.0695. The Hall–Kier alpha value is -2.02. The number of rotatable bonds is 1. The lowest BCUT2D eigenvalue weighted by Crippen LogP contribution is -2.00. The van der Waals surface area contributed by atoms with Crippen molar-refractivity contribution in [1.29, 1.82) is 5.26 Å². The molecule has 0 heterocycles. The normalized spacial score (nSPS) is 9.23. The minimum absolute atomic E-state index is 0.0106. The van der Waals surface area contributed by atoms with Crippen molar-refractivity contribution in [3.63, 3.8) is 0 Å². The number of carboxylic acids is 1. The zero-order chi connectivity index (χ0) is 10.0. The summed E-state index contributed by atoms with van der Waals surface area (Å²) in [5.74, 6) is -1.38. The maximum absolute atomic E-state index is 10.6. The smallest absolute Gasteiger partial charge is 0.336 e. The maximum atomic E-state index is 10.6. The van der Waals surface area contributed by atoms with E-state index in [0.717, 1.165) is 0 Å². The highest BCUT2D eigenvalue weighted by Gasteiger charge is 2.12. The Balaban J connectivity index is 3.42. The van der Waals surface area contributed by atoms with Crippen molar-refractivity contribution in [1.82, 2.24) is 0 Å². The summed E-state index contributed by atoms with van der Waals surface area (Å²) in [7, 11) is 0. The van der Waals surface area contributed by atoms with E-state index in [-0.39, 0.29) is 22.4 Å². The van der Waals surface area contributed by atoms with Crippen LogP contribution in [0.2, 0.25) is 0 Å². The van der Waals surface area contributed by atoms with E-state index < -0.39 is 5.97 Å². The molecule has 1 rings (SSSR count). The van der Waals surface area contributed by atoms with Gasteiger partial charge in [0.05, 0.1) is 11.1 Å². The molecule has 0 aliphatic rings.